The Morgan fingerprint density at radius 2 is 1.00 bits per heavy atom. The second-order valence-corrected chi connectivity index (χ2v) is 10.9. The Morgan fingerprint density at radius 1 is 0.447 bits per heavy atom. The molecule has 0 aliphatic rings. The maximum atomic E-state index is 6.20. The molecule has 5 aromatic rings. The summed E-state index contributed by atoms with van der Waals surface area (Å²) in [4.78, 5) is 0. The Bertz CT molecular complexity index is 1590. The highest BCUT2D eigenvalue weighted by atomic mass is 16.5. The largest absolute Gasteiger partial charge is 0.491 e. The topological polar surface area (TPSA) is 58.2 Å². The van der Waals surface area contributed by atoms with Gasteiger partial charge in [0.05, 0.1) is 26.4 Å². The molecule has 0 fully saturated rings. The Hall–Kier alpha value is -4.88. The maximum Gasteiger partial charge on any atom is 0.162 e. The lowest BCUT2D eigenvalue weighted by atomic mass is 10.1. The molecule has 242 valence electrons. The zero-order chi connectivity index (χ0) is 32.2. The normalized spacial score (nSPS) is 11.1. The molecular weight excluding hydrogens is 586 g/mol. The quantitative estimate of drug-likeness (QED) is 0.0692. The van der Waals surface area contributed by atoms with Crippen molar-refractivity contribution in [3.8, 4) is 17.2 Å². The van der Waals surface area contributed by atoms with Gasteiger partial charge in [-0.15, -0.1) is 0 Å². The van der Waals surface area contributed by atoms with E-state index in [9.17, 15) is 0 Å². The summed E-state index contributed by atoms with van der Waals surface area (Å²) in [5.74, 6) is 2.29. The molecule has 0 bridgehead atoms. The van der Waals surface area contributed by atoms with Gasteiger partial charge in [-0.2, -0.15) is 0 Å². The van der Waals surface area contributed by atoms with Crippen molar-refractivity contribution in [1.82, 2.24) is 5.32 Å². The fourth-order valence-electron chi connectivity index (χ4n) is 4.71. The molecule has 0 aromatic heterocycles. The highest BCUT2D eigenvalue weighted by Crippen LogP contribution is 2.30. The second kappa shape index (κ2) is 19.6. The number of rotatable bonds is 20. The molecular formula is C41H43NO5. The number of hydrogen-bond acceptors (Lipinski definition) is 6. The van der Waals surface area contributed by atoms with Gasteiger partial charge in [-0.1, -0.05) is 121 Å². The van der Waals surface area contributed by atoms with Crippen LogP contribution in [-0.4, -0.2) is 39.6 Å². The summed E-state index contributed by atoms with van der Waals surface area (Å²) in [6, 6.07) is 44.7. The first-order valence-corrected chi connectivity index (χ1v) is 16.1. The minimum absolute atomic E-state index is 0.474. The van der Waals surface area contributed by atoms with Crippen LogP contribution >= 0.6 is 0 Å². The maximum absolute atomic E-state index is 6.20. The summed E-state index contributed by atoms with van der Waals surface area (Å²) < 4.78 is 29.5. The van der Waals surface area contributed by atoms with Crippen LogP contribution in [-0.2, 0) is 29.2 Å². The lowest BCUT2D eigenvalue weighted by molar-refractivity contribution is 0.0372. The van der Waals surface area contributed by atoms with Gasteiger partial charge in [0.15, 0.2) is 11.5 Å². The molecule has 0 saturated heterocycles. The van der Waals surface area contributed by atoms with E-state index in [0.717, 1.165) is 46.0 Å². The summed E-state index contributed by atoms with van der Waals surface area (Å²) in [5.41, 5.74) is 5.64. The first-order valence-electron chi connectivity index (χ1n) is 16.1. The summed E-state index contributed by atoms with van der Waals surface area (Å²) in [5, 5.41) is 3.44. The first-order chi connectivity index (χ1) is 23.3. The molecule has 5 aromatic carbocycles. The molecule has 6 heteroatoms. The third kappa shape index (κ3) is 12.4. The molecule has 0 aliphatic carbocycles. The number of ether oxygens (including phenoxy) is 5. The molecule has 0 unspecified atom stereocenters. The molecule has 0 amide bonds. The molecule has 5 rings (SSSR count). The van der Waals surface area contributed by atoms with Gasteiger partial charge in [-0.05, 0) is 52.1 Å². The predicted octanol–water partition coefficient (Wildman–Crippen LogP) is 8.22. The average Bonchev–Trinajstić information content (AvgIpc) is 3.13. The van der Waals surface area contributed by atoms with Gasteiger partial charge in [0.1, 0.15) is 25.6 Å². The third-order valence-corrected chi connectivity index (χ3v) is 7.25. The van der Waals surface area contributed by atoms with Crippen LogP contribution in [0.1, 0.15) is 27.8 Å². The third-order valence-electron chi connectivity index (χ3n) is 7.25. The van der Waals surface area contributed by atoms with E-state index in [2.05, 4.69) is 59.9 Å². The van der Waals surface area contributed by atoms with Crippen molar-refractivity contribution in [3.05, 3.63) is 161 Å². The lowest BCUT2D eigenvalue weighted by Crippen LogP contribution is -2.20. The van der Waals surface area contributed by atoms with Crippen molar-refractivity contribution in [2.24, 2.45) is 0 Å². The van der Waals surface area contributed by atoms with Gasteiger partial charge in [0.2, 0.25) is 0 Å². The van der Waals surface area contributed by atoms with E-state index in [4.69, 9.17) is 23.7 Å². The van der Waals surface area contributed by atoms with Crippen LogP contribution < -0.4 is 19.5 Å². The highest BCUT2D eigenvalue weighted by molar-refractivity contribution is 5.69. The van der Waals surface area contributed by atoms with Crippen LogP contribution in [0.2, 0.25) is 0 Å². The van der Waals surface area contributed by atoms with Crippen molar-refractivity contribution >= 4 is 12.2 Å². The van der Waals surface area contributed by atoms with Gasteiger partial charge in [-0.25, -0.2) is 0 Å². The summed E-state index contributed by atoms with van der Waals surface area (Å²) >= 11 is 0. The Balaban J connectivity index is 0.940. The van der Waals surface area contributed by atoms with E-state index in [1.54, 1.807) is 0 Å². The van der Waals surface area contributed by atoms with Gasteiger partial charge >= 0.3 is 0 Å². The van der Waals surface area contributed by atoms with Gasteiger partial charge in [-0.3, -0.25) is 0 Å². The van der Waals surface area contributed by atoms with E-state index in [-0.39, 0.29) is 0 Å². The molecule has 0 radical (unpaired) electrons. The number of nitrogens with one attached hydrogen (secondary N) is 1. The monoisotopic (exact) mass is 629 g/mol. The van der Waals surface area contributed by atoms with Crippen molar-refractivity contribution in [2.45, 2.75) is 19.8 Å². The van der Waals surface area contributed by atoms with Gasteiger partial charge < -0.3 is 29.0 Å². The fraction of sp³-hybridized carbons (Fsp3) is 0.220. The average molecular weight is 630 g/mol. The van der Waals surface area contributed by atoms with Crippen molar-refractivity contribution in [3.63, 3.8) is 0 Å². The summed E-state index contributed by atoms with van der Waals surface area (Å²) in [6.07, 6.45) is 4.20. The minimum Gasteiger partial charge on any atom is -0.491 e. The second-order valence-electron chi connectivity index (χ2n) is 10.9. The first kappa shape index (κ1) is 33.5. The van der Waals surface area contributed by atoms with Crippen molar-refractivity contribution < 1.29 is 23.7 Å². The van der Waals surface area contributed by atoms with Crippen LogP contribution in [0, 0.1) is 0 Å². The van der Waals surface area contributed by atoms with Gasteiger partial charge in [0, 0.05) is 13.1 Å². The van der Waals surface area contributed by atoms with E-state index in [1.165, 1.54) is 5.56 Å². The smallest absolute Gasteiger partial charge is 0.162 e. The van der Waals surface area contributed by atoms with Crippen LogP contribution in [0.3, 0.4) is 0 Å². The SMILES string of the molecule is C(=C\c1ccc(OCCOCCOCCNCc2ccc(OCc3ccccc3)c(OCc3ccccc3)c2)cc1)/c1ccccc1. The molecule has 6 nitrogen and oxygen atoms in total. The molecule has 1 N–H and O–H groups in total. The predicted molar refractivity (Wildman–Crippen MR) is 189 cm³/mol. The Morgan fingerprint density at radius 3 is 1.66 bits per heavy atom. The molecule has 47 heavy (non-hydrogen) atoms. The Labute approximate surface area is 278 Å². The summed E-state index contributed by atoms with van der Waals surface area (Å²) in [7, 11) is 0. The Kier molecular flexibility index (Phi) is 14.0. The van der Waals surface area contributed by atoms with Crippen LogP contribution in [0.5, 0.6) is 17.2 Å². The molecule has 0 aliphatic heterocycles. The molecule has 0 saturated carbocycles. The van der Waals surface area contributed by atoms with Crippen LogP contribution in [0.15, 0.2) is 133 Å². The summed E-state index contributed by atoms with van der Waals surface area (Å²) in [6.45, 7) is 5.05. The number of benzene rings is 5. The van der Waals surface area contributed by atoms with Crippen molar-refractivity contribution in [1.29, 1.82) is 0 Å². The van der Waals surface area contributed by atoms with Crippen LogP contribution in [0.25, 0.3) is 12.2 Å². The molecule has 0 heterocycles. The van der Waals surface area contributed by atoms with E-state index < -0.39 is 0 Å². The molecule has 0 spiro atoms. The van der Waals surface area contributed by atoms with E-state index in [1.807, 2.05) is 91.0 Å². The zero-order valence-corrected chi connectivity index (χ0v) is 26.8. The van der Waals surface area contributed by atoms with Gasteiger partial charge in [0.25, 0.3) is 0 Å². The van der Waals surface area contributed by atoms with E-state index in [0.29, 0.717) is 52.8 Å². The molecule has 0 atom stereocenters. The zero-order valence-electron chi connectivity index (χ0n) is 26.8. The van der Waals surface area contributed by atoms with Crippen LogP contribution in [0.4, 0.5) is 0 Å². The van der Waals surface area contributed by atoms with Crippen molar-refractivity contribution in [2.75, 3.05) is 39.6 Å². The standard InChI is InChI=1S/C41H43NO5/c1-4-10-34(11-5-1)16-17-35-18-21-39(22-19-35)45-29-28-44-27-26-43-25-24-42-31-38-20-23-40(46-32-36-12-6-2-7-13-36)41(30-38)47-33-37-14-8-3-9-15-37/h1-23,30,42H,24-29,31-33H2/b17-16+. The number of hydrogen-bond donors (Lipinski definition) is 1. The highest BCUT2D eigenvalue weighted by Gasteiger charge is 2.09. The van der Waals surface area contributed by atoms with E-state index >= 15 is 0 Å². The lowest BCUT2D eigenvalue weighted by Gasteiger charge is -2.15. The minimum atomic E-state index is 0.474. The fourth-order valence-corrected chi connectivity index (χ4v) is 4.71.